The molecule has 6 heterocycles. The van der Waals surface area contributed by atoms with Crippen molar-refractivity contribution < 1.29 is 9.59 Å². The second kappa shape index (κ2) is 15.5. The van der Waals surface area contributed by atoms with Crippen LogP contribution in [0.3, 0.4) is 0 Å². The Bertz CT molecular complexity index is 2630. The predicted octanol–water partition coefficient (Wildman–Crippen LogP) is 6.45. The Balaban J connectivity index is 1.06. The van der Waals surface area contributed by atoms with Crippen molar-refractivity contribution in [2.75, 3.05) is 20.6 Å². The molecule has 2 N–H and O–H groups in total. The smallest absolute Gasteiger partial charge is 0.275 e. The van der Waals surface area contributed by atoms with Gasteiger partial charge in [-0.15, -0.1) is 6.58 Å². The van der Waals surface area contributed by atoms with Crippen molar-refractivity contribution in [3.63, 3.8) is 0 Å². The second-order valence-corrected chi connectivity index (χ2v) is 15.9. The molecule has 57 heavy (non-hydrogen) atoms. The third-order valence-corrected chi connectivity index (χ3v) is 12.2. The van der Waals surface area contributed by atoms with Gasteiger partial charge in [0, 0.05) is 93.3 Å². The van der Waals surface area contributed by atoms with Gasteiger partial charge >= 0.3 is 0 Å². The topological polar surface area (TPSA) is 141 Å². The normalized spacial score (nSPS) is 19.3. The number of carbonyl (C=O) groups excluding carboxylic acids is 2. The van der Waals surface area contributed by atoms with Crippen molar-refractivity contribution >= 4 is 39.8 Å². The molecule has 3 unspecified atom stereocenters. The summed E-state index contributed by atoms with van der Waals surface area (Å²) in [4.78, 5) is 74.8. The van der Waals surface area contributed by atoms with Gasteiger partial charge in [-0.25, -0.2) is 0 Å². The highest BCUT2D eigenvalue weighted by atomic mass is 16.2. The number of aromatic nitrogens is 5. The molecule has 2 aliphatic carbocycles. The predicted molar refractivity (Wildman–Crippen MR) is 224 cm³/mol. The molecule has 8 rings (SSSR count). The Morgan fingerprint density at radius 3 is 2.33 bits per heavy atom. The Hall–Kier alpha value is -6.04. The molecule has 0 saturated carbocycles. The van der Waals surface area contributed by atoms with Crippen LogP contribution in [0, 0.1) is 12.8 Å². The van der Waals surface area contributed by atoms with Crippen LogP contribution in [0.2, 0.25) is 0 Å². The molecular formula is C45H50N8O4. The first-order valence-electron chi connectivity index (χ1n) is 20.0. The molecule has 2 amide bonds. The van der Waals surface area contributed by atoms with Crippen molar-refractivity contribution in [1.29, 1.82) is 0 Å². The average molecular weight is 767 g/mol. The molecule has 12 nitrogen and oxygen atoms in total. The van der Waals surface area contributed by atoms with E-state index < -0.39 is 0 Å². The van der Waals surface area contributed by atoms with Gasteiger partial charge in [-0.3, -0.25) is 29.2 Å². The number of pyridine rings is 3. The Kier molecular flexibility index (Phi) is 10.3. The molecule has 3 aliphatic rings. The summed E-state index contributed by atoms with van der Waals surface area (Å²) in [6, 6.07) is 5.57. The van der Waals surface area contributed by atoms with Gasteiger partial charge in [0.25, 0.3) is 22.9 Å². The first-order valence-corrected chi connectivity index (χ1v) is 20.0. The third kappa shape index (κ3) is 6.91. The zero-order valence-corrected chi connectivity index (χ0v) is 33.2. The van der Waals surface area contributed by atoms with Crippen molar-refractivity contribution in [3.05, 3.63) is 133 Å². The number of aryl methyl sites for hydroxylation is 2. The van der Waals surface area contributed by atoms with Gasteiger partial charge in [-0.2, -0.15) is 0 Å². The molecule has 1 aliphatic heterocycles. The highest BCUT2D eigenvalue weighted by Gasteiger charge is 2.33. The van der Waals surface area contributed by atoms with E-state index in [4.69, 9.17) is 0 Å². The van der Waals surface area contributed by atoms with Crippen LogP contribution in [0.4, 0.5) is 0 Å². The summed E-state index contributed by atoms with van der Waals surface area (Å²) < 4.78 is 3.08. The lowest BCUT2D eigenvalue weighted by molar-refractivity contribution is 0.0714. The fraction of sp³-hybridized carbons (Fsp3) is 0.378. The monoisotopic (exact) mass is 766 g/mol. The first kappa shape index (κ1) is 37.9. The number of hydrogen-bond donors (Lipinski definition) is 2. The summed E-state index contributed by atoms with van der Waals surface area (Å²) >= 11 is 0. The van der Waals surface area contributed by atoms with E-state index in [1.165, 1.54) is 15.7 Å². The van der Waals surface area contributed by atoms with Crippen LogP contribution in [0.15, 0.2) is 93.5 Å². The summed E-state index contributed by atoms with van der Waals surface area (Å²) in [6.45, 7) is 9.19. The summed E-state index contributed by atoms with van der Waals surface area (Å²) in [5.74, 6) is 0.0641. The number of fused-ring (bicyclic) bond motifs is 3. The lowest BCUT2D eigenvalue weighted by atomic mass is 9.80. The number of carbonyl (C=O) groups is 2. The largest absolute Gasteiger partial charge is 0.354 e. The maximum absolute atomic E-state index is 14.3. The molecule has 294 valence electrons. The molecule has 0 aromatic carbocycles. The van der Waals surface area contributed by atoms with Gasteiger partial charge in [-0.1, -0.05) is 30.7 Å². The van der Waals surface area contributed by atoms with Crippen LogP contribution in [-0.4, -0.2) is 78.6 Å². The molecule has 0 fully saturated rings. The van der Waals surface area contributed by atoms with E-state index in [0.29, 0.717) is 45.3 Å². The minimum absolute atomic E-state index is 0.0715. The fourth-order valence-electron chi connectivity index (χ4n) is 9.17. The zero-order valence-electron chi connectivity index (χ0n) is 33.2. The lowest BCUT2D eigenvalue weighted by Gasteiger charge is -2.37. The molecule has 3 atom stereocenters. The summed E-state index contributed by atoms with van der Waals surface area (Å²) in [5.41, 5.74) is 7.59. The quantitative estimate of drug-likeness (QED) is 0.157. The van der Waals surface area contributed by atoms with Crippen molar-refractivity contribution in [2.24, 2.45) is 10.9 Å². The Labute approximate surface area is 331 Å². The Morgan fingerprint density at radius 1 is 0.912 bits per heavy atom. The minimum atomic E-state index is -0.235. The van der Waals surface area contributed by atoms with Gasteiger partial charge in [0.1, 0.15) is 11.0 Å². The van der Waals surface area contributed by atoms with E-state index in [9.17, 15) is 19.2 Å². The van der Waals surface area contributed by atoms with E-state index in [2.05, 4.69) is 33.4 Å². The van der Waals surface area contributed by atoms with E-state index >= 15 is 0 Å². The van der Waals surface area contributed by atoms with Crippen LogP contribution < -0.4 is 11.1 Å². The maximum Gasteiger partial charge on any atom is 0.275 e. The van der Waals surface area contributed by atoms with Crippen molar-refractivity contribution in [3.8, 4) is 0 Å². The standard InChI is InChI=1S/C45H50N8O4/c1-6-18-52-25-37(43(55)50(4)38-14-9-11-29-16-17-46-23-34(29)38)33-21-30(49-41(33)45(52)57)12-7-8-19-53-26-36(32-20-28(3)48-40(32)44(53)56)42(54)51(5)39-15-10-13-31-27(2)22-47-24-35(31)39/h6-8,16-17,20-21,23-27,38-39,48-49H,1,9-15,18-19,22H2,2-5H3/b8-7+. The fourth-order valence-corrected chi connectivity index (χ4v) is 9.17. The number of aromatic amines is 2. The lowest BCUT2D eigenvalue weighted by Crippen LogP contribution is -2.42. The average Bonchev–Trinajstić information content (AvgIpc) is 3.84. The van der Waals surface area contributed by atoms with Crippen LogP contribution in [-0.2, 0) is 25.9 Å². The zero-order chi connectivity index (χ0) is 40.0. The summed E-state index contributed by atoms with van der Waals surface area (Å²) in [7, 11) is 3.67. The number of H-pyrrole nitrogens is 2. The number of amides is 2. The number of nitrogens with one attached hydrogen (secondary N) is 2. The number of hydrogen-bond acceptors (Lipinski definition) is 6. The second-order valence-electron chi connectivity index (χ2n) is 15.9. The molecule has 0 saturated heterocycles. The maximum atomic E-state index is 14.3. The van der Waals surface area contributed by atoms with E-state index in [1.807, 2.05) is 68.7 Å². The van der Waals surface area contributed by atoms with Gasteiger partial charge < -0.3 is 28.9 Å². The molecule has 5 aromatic heterocycles. The molecular weight excluding hydrogens is 717 g/mol. The molecule has 0 radical (unpaired) electrons. The first-order chi connectivity index (χ1) is 27.5. The minimum Gasteiger partial charge on any atom is -0.354 e. The van der Waals surface area contributed by atoms with Gasteiger partial charge in [-0.05, 0) is 86.3 Å². The summed E-state index contributed by atoms with van der Waals surface area (Å²) in [6.07, 6.45) is 20.5. The highest BCUT2D eigenvalue weighted by molar-refractivity contribution is 6.07. The van der Waals surface area contributed by atoms with E-state index in [-0.39, 0.29) is 48.1 Å². The van der Waals surface area contributed by atoms with Crippen LogP contribution in [0.5, 0.6) is 0 Å². The van der Waals surface area contributed by atoms with Crippen LogP contribution in [0.1, 0.15) is 88.3 Å². The van der Waals surface area contributed by atoms with Crippen molar-refractivity contribution in [2.45, 2.75) is 84.0 Å². The number of allylic oxidation sites excluding steroid dienone is 3. The SMILES string of the molecule is C=CCn1cc(C(=O)N(C)C2CCCc3ccncc32)c2cc(C/C=C/Cn3cc(C(=O)N(C)C4CCCC5=C4C=NCC5C)c4cc(C)[nH]c4c3=O)[nH]c2c1=O. The van der Waals surface area contributed by atoms with Gasteiger partial charge in [0.05, 0.1) is 23.2 Å². The number of likely N-dealkylation sites (N-methyl/N-ethyl adjacent to an activating group) is 1. The van der Waals surface area contributed by atoms with Gasteiger partial charge in [0.2, 0.25) is 0 Å². The molecule has 5 aromatic rings. The number of aliphatic imine (C=N–C) groups is 1. The molecule has 12 heteroatoms. The number of rotatable bonds is 10. The van der Waals surface area contributed by atoms with Crippen LogP contribution in [0.25, 0.3) is 21.8 Å². The third-order valence-electron chi connectivity index (χ3n) is 12.2. The molecule has 0 bridgehead atoms. The highest BCUT2D eigenvalue weighted by Crippen LogP contribution is 2.36. The molecule has 0 spiro atoms. The van der Waals surface area contributed by atoms with Crippen LogP contribution >= 0.6 is 0 Å². The Morgan fingerprint density at radius 2 is 1.58 bits per heavy atom. The van der Waals surface area contributed by atoms with Gasteiger partial charge in [0.15, 0.2) is 0 Å². The number of nitrogens with zero attached hydrogens (tertiary/aromatic N) is 6. The number of dihydropyridines is 1. The van der Waals surface area contributed by atoms with Crippen molar-refractivity contribution in [1.82, 2.24) is 33.9 Å². The van der Waals surface area contributed by atoms with E-state index in [0.717, 1.165) is 67.6 Å². The van der Waals surface area contributed by atoms with E-state index in [1.54, 1.807) is 34.1 Å². The summed E-state index contributed by atoms with van der Waals surface area (Å²) in [5, 5.41) is 1.18.